The van der Waals surface area contributed by atoms with Gasteiger partial charge in [0.1, 0.15) is 6.54 Å². The molecule has 6 heteroatoms. The Hall–Kier alpha value is -1.95. The summed E-state index contributed by atoms with van der Waals surface area (Å²) in [5, 5.41) is 9.34. The van der Waals surface area contributed by atoms with Gasteiger partial charge in [0, 0.05) is 24.7 Å². The zero-order valence-corrected chi connectivity index (χ0v) is 12.9. The monoisotopic (exact) mass is 292 g/mol. The number of carbonyl (C=O) groups is 2. The Balaban J connectivity index is 2.50. The van der Waals surface area contributed by atoms with Crippen LogP contribution in [-0.2, 0) is 4.79 Å². The maximum Gasteiger partial charge on any atom is 0.425 e. The maximum atomic E-state index is 12.8. The molecule has 114 valence electrons. The number of likely N-dealkylation sites (N-methyl/N-ethyl adjacent to an activating group) is 1. The van der Waals surface area contributed by atoms with Gasteiger partial charge in [-0.3, -0.25) is 9.88 Å². The van der Waals surface area contributed by atoms with Crippen molar-refractivity contribution in [1.82, 2.24) is 14.4 Å². The molecule has 2 atom stereocenters. The van der Waals surface area contributed by atoms with Gasteiger partial charge in [0.15, 0.2) is 11.7 Å². The summed E-state index contributed by atoms with van der Waals surface area (Å²) in [5.74, 6) is -0.703. The summed E-state index contributed by atoms with van der Waals surface area (Å²) in [6, 6.07) is 2.76. The van der Waals surface area contributed by atoms with Gasteiger partial charge in [0.2, 0.25) is 0 Å². The third kappa shape index (κ3) is 2.63. The van der Waals surface area contributed by atoms with Crippen LogP contribution in [0.5, 0.6) is 0 Å². The Morgan fingerprint density at radius 1 is 1.52 bits per heavy atom. The second-order valence-corrected chi connectivity index (χ2v) is 6.13. The second-order valence-electron chi connectivity index (χ2n) is 6.13. The second kappa shape index (κ2) is 5.44. The first-order chi connectivity index (χ1) is 9.78. The van der Waals surface area contributed by atoms with Crippen molar-refractivity contribution in [3.05, 3.63) is 24.0 Å². The Bertz CT molecular complexity index is 556. The minimum absolute atomic E-state index is 0.0262. The van der Waals surface area contributed by atoms with Crippen LogP contribution in [0.4, 0.5) is 10.5 Å². The van der Waals surface area contributed by atoms with Crippen molar-refractivity contribution in [1.29, 1.82) is 0 Å². The van der Waals surface area contributed by atoms with E-state index in [1.165, 1.54) is 4.90 Å². The van der Waals surface area contributed by atoms with Crippen molar-refractivity contribution in [2.75, 3.05) is 20.1 Å². The number of aliphatic carboxylic acids is 1. The van der Waals surface area contributed by atoms with Crippen LogP contribution >= 0.6 is 0 Å². The van der Waals surface area contributed by atoms with Crippen molar-refractivity contribution in [2.45, 2.75) is 26.8 Å². The number of carbonyl (C=O) groups excluding carboxylic acids is 1. The predicted octanol–water partition coefficient (Wildman–Crippen LogP) is 1.87. The van der Waals surface area contributed by atoms with Crippen LogP contribution < -0.4 is 4.48 Å². The summed E-state index contributed by atoms with van der Waals surface area (Å²) in [6.07, 6.45) is 1.69. The minimum atomic E-state index is -0.963. The lowest BCUT2D eigenvalue weighted by Crippen LogP contribution is -2.54. The third-order valence-corrected chi connectivity index (χ3v) is 3.97. The molecule has 0 spiro atoms. The number of amides is 2. The lowest BCUT2D eigenvalue weighted by molar-refractivity contribution is -0.140. The van der Waals surface area contributed by atoms with E-state index in [1.807, 2.05) is 32.9 Å². The number of hydrogen-bond donors (Lipinski definition) is 1. The van der Waals surface area contributed by atoms with Gasteiger partial charge < -0.3 is 5.11 Å². The Morgan fingerprint density at radius 2 is 2.19 bits per heavy atom. The van der Waals surface area contributed by atoms with E-state index in [0.717, 1.165) is 11.4 Å². The lowest BCUT2D eigenvalue weighted by atomic mass is 10.1. The van der Waals surface area contributed by atoms with Crippen LogP contribution in [0.2, 0.25) is 0 Å². The highest BCUT2D eigenvalue weighted by Gasteiger charge is 2.55. The maximum absolute atomic E-state index is 12.8. The van der Waals surface area contributed by atoms with Gasteiger partial charge in [-0.25, -0.2) is 14.1 Å². The van der Waals surface area contributed by atoms with Crippen molar-refractivity contribution in [2.24, 2.45) is 5.92 Å². The van der Waals surface area contributed by atoms with Crippen LogP contribution in [0, 0.1) is 12.8 Å². The van der Waals surface area contributed by atoms with Crippen LogP contribution in [-0.4, -0.2) is 53.2 Å². The summed E-state index contributed by atoms with van der Waals surface area (Å²) in [5.41, 5.74) is 1.63. The highest BCUT2D eigenvalue weighted by atomic mass is 16.4. The van der Waals surface area contributed by atoms with Gasteiger partial charge in [-0.05, 0) is 13.0 Å². The number of urea groups is 1. The molecule has 2 rings (SSSR count). The molecule has 1 aliphatic rings. The van der Waals surface area contributed by atoms with E-state index < -0.39 is 12.0 Å². The van der Waals surface area contributed by atoms with Gasteiger partial charge in [-0.1, -0.05) is 13.8 Å². The highest BCUT2D eigenvalue weighted by Crippen LogP contribution is 2.32. The number of carboxylic acid groups (broad SMARTS) is 1. The normalized spacial score (nSPS) is 25.7. The molecule has 1 aliphatic heterocycles. The molecule has 0 aromatic carbocycles. The molecule has 21 heavy (non-hydrogen) atoms. The van der Waals surface area contributed by atoms with Gasteiger partial charge >= 0.3 is 12.0 Å². The number of quaternary nitrogens is 1. The fraction of sp³-hybridized carbons (Fsp3) is 0.533. The van der Waals surface area contributed by atoms with Crippen molar-refractivity contribution < 1.29 is 14.7 Å². The summed E-state index contributed by atoms with van der Waals surface area (Å²) in [6.45, 7) is 6.76. The molecule has 1 aromatic rings. The van der Waals surface area contributed by atoms with Gasteiger partial charge in [0.25, 0.3) is 0 Å². The van der Waals surface area contributed by atoms with E-state index in [2.05, 4.69) is 4.98 Å². The SMILES string of the molecule is Cc1ccc([N+]2(CC(C)C)CC(C(=O)O)N(C)C2=O)cn1. The summed E-state index contributed by atoms with van der Waals surface area (Å²) in [4.78, 5) is 29.8. The Morgan fingerprint density at radius 3 is 2.62 bits per heavy atom. The molecule has 0 saturated carbocycles. The third-order valence-electron chi connectivity index (χ3n) is 3.97. The van der Waals surface area contributed by atoms with Crippen molar-refractivity contribution in [3.63, 3.8) is 0 Å². The molecular weight excluding hydrogens is 270 g/mol. The molecule has 2 heterocycles. The van der Waals surface area contributed by atoms with Crippen LogP contribution in [0.3, 0.4) is 0 Å². The largest absolute Gasteiger partial charge is 0.480 e. The van der Waals surface area contributed by atoms with Gasteiger partial charge in [-0.15, -0.1) is 0 Å². The Kier molecular flexibility index (Phi) is 4.00. The topological polar surface area (TPSA) is 70.5 Å². The fourth-order valence-corrected chi connectivity index (χ4v) is 2.99. The summed E-state index contributed by atoms with van der Waals surface area (Å²) in [7, 11) is 1.56. The van der Waals surface area contributed by atoms with E-state index in [4.69, 9.17) is 0 Å². The molecule has 1 fully saturated rings. The molecule has 1 aromatic heterocycles. The average Bonchev–Trinajstić information content (AvgIpc) is 2.65. The zero-order valence-electron chi connectivity index (χ0n) is 12.9. The predicted molar refractivity (Wildman–Crippen MR) is 79.9 cm³/mol. The first-order valence-electron chi connectivity index (χ1n) is 7.08. The lowest BCUT2D eigenvalue weighted by Gasteiger charge is -2.31. The first kappa shape index (κ1) is 15.4. The standard InChI is InChI=1S/C15H21N3O3/c1-10(2)8-18(12-6-5-11(3)16-7-12)9-13(14(19)20)17(4)15(18)21/h5-7,10,13H,8-9H2,1-4H3/p+1. The number of carboxylic acids is 1. The molecule has 1 saturated heterocycles. The zero-order chi connectivity index (χ0) is 15.8. The fourth-order valence-electron chi connectivity index (χ4n) is 2.99. The molecule has 6 nitrogen and oxygen atoms in total. The highest BCUT2D eigenvalue weighted by molar-refractivity contribution is 5.94. The number of aryl methyl sites for hydroxylation is 1. The number of hydrogen-bond acceptors (Lipinski definition) is 3. The van der Waals surface area contributed by atoms with Gasteiger partial charge in [0.05, 0.1) is 12.7 Å². The number of rotatable bonds is 4. The molecule has 0 radical (unpaired) electrons. The van der Waals surface area contributed by atoms with E-state index >= 15 is 0 Å². The average molecular weight is 292 g/mol. The molecular formula is C15H22N3O3+. The molecule has 0 aliphatic carbocycles. The van der Waals surface area contributed by atoms with E-state index in [9.17, 15) is 14.7 Å². The minimum Gasteiger partial charge on any atom is -0.480 e. The van der Waals surface area contributed by atoms with Crippen LogP contribution in [0.1, 0.15) is 19.5 Å². The van der Waals surface area contributed by atoms with Gasteiger partial charge in [-0.2, -0.15) is 0 Å². The molecule has 1 N–H and O–H groups in total. The van der Waals surface area contributed by atoms with E-state index in [1.54, 1.807) is 13.2 Å². The number of aromatic nitrogens is 1. The van der Waals surface area contributed by atoms with E-state index in [0.29, 0.717) is 6.54 Å². The summed E-state index contributed by atoms with van der Waals surface area (Å²) < 4.78 is 0.0262. The summed E-state index contributed by atoms with van der Waals surface area (Å²) >= 11 is 0. The van der Waals surface area contributed by atoms with Crippen LogP contribution in [0.15, 0.2) is 18.3 Å². The number of nitrogens with zero attached hydrogens (tertiary/aromatic N) is 3. The van der Waals surface area contributed by atoms with Crippen molar-refractivity contribution in [3.8, 4) is 0 Å². The number of pyridine rings is 1. The van der Waals surface area contributed by atoms with Crippen molar-refractivity contribution >= 4 is 17.7 Å². The quantitative estimate of drug-likeness (QED) is 0.860. The molecule has 2 unspecified atom stereocenters. The van der Waals surface area contributed by atoms with E-state index in [-0.39, 0.29) is 23.0 Å². The molecule has 2 amide bonds. The molecule has 0 bridgehead atoms. The first-order valence-corrected chi connectivity index (χ1v) is 7.08. The smallest absolute Gasteiger partial charge is 0.425 e. The van der Waals surface area contributed by atoms with Crippen LogP contribution in [0.25, 0.3) is 0 Å². The Labute approximate surface area is 124 Å².